The van der Waals surface area contributed by atoms with E-state index < -0.39 is 35.2 Å². The minimum absolute atomic E-state index is 0.0607. The quantitative estimate of drug-likeness (QED) is 0.805. The highest BCUT2D eigenvalue weighted by Crippen LogP contribution is 2.41. The summed E-state index contributed by atoms with van der Waals surface area (Å²) in [6.45, 7) is 1.36. The maximum absolute atomic E-state index is 13.3. The third kappa shape index (κ3) is 3.84. The number of benzene rings is 1. The molecule has 0 bridgehead atoms. The van der Waals surface area contributed by atoms with Crippen LogP contribution in [-0.2, 0) is 14.3 Å². The van der Waals surface area contributed by atoms with Crippen LogP contribution in [0.15, 0.2) is 29.5 Å². The highest BCUT2D eigenvalue weighted by atomic mass is 35.5. The molecule has 4 nitrogen and oxygen atoms in total. The van der Waals surface area contributed by atoms with Crippen LogP contribution in [0.1, 0.15) is 24.8 Å². The standard InChI is InChI=1S/C15H12Cl2F3NO3/c1-2-24-14(23)12-9(8-4-3-7(16)5-10(8)17)6-11(22)21-13(12)15(18,19)20/h3-5,9H,2,6H2,1H3,(H,21,22)/t9-/m0/s1. The molecule has 1 aromatic carbocycles. The van der Waals surface area contributed by atoms with Gasteiger partial charge < -0.3 is 10.1 Å². The number of hydrogen-bond donors (Lipinski definition) is 1. The first kappa shape index (κ1) is 18.6. The first-order valence-corrected chi connectivity index (χ1v) is 7.64. The molecule has 0 saturated heterocycles. The Labute approximate surface area is 145 Å². The molecule has 0 aromatic heterocycles. The summed E-state index contributed by atoms with van der Waals surface area (Å²) in [5, 5.41) is 2.06. The summed E-state index contributed by atoms with van der Waals surface area (Å²) in [5.74, 6) is -3.20. The van der Waals surface area contributed by atoms with E-state index in [1.165, 1.54) is 25.1 Å². The summed E-state index contributed by atoms with van der Waals surface area (Å²) in [5.41, 5.74) is -1.90. The van der Waals surface area contributed by atoms with Gasteiger partial charge in [-0.3, -0.25) is 4.79 Å². The Morgan fingerprint density at radius 2 is 2.04 bits per heavy atom. The predicted molar refractivity (Wildman–Crippen MR) is 81.7 cm³/mol. The normalized spacial score (nSPS) is 18.4. The van der Waals surface area contributed by atoms with Crippen molar-refractivity contribution in [3.05, 3.63) is 45.1 Å². The van der Waals surface area contributed by atoms with E-state index in [0.29, 0.717) is 0 Å². The zero-order chi connectivity index (χ0) is 18.1. The largest absolute Gasteiger partial charge is 0.463 e. The molecule has 1 amide bonds. The molecule has 130 valence electrons. The number of ether oxygens (including phenoxy) is 1. The van der Waals surface area contributed by atoms with Crippen LogP contribution in [0.25, 0.3) is 0 Å². The van der Waals surface area contributed by atoms with Gasteiger partial charge in [0.25, 0.3) is 0 Å². The van der Waals surface area contributed by atoms with E-state index in [0.717, 1.165) is 0 Å². The van der Waals surface area contributed by atoms with E-state index in [2.05, 4.69) is 0 Å². The van der Waals surface area contributed by atoms with E-state index in [9.17, 15) is 22.8 Å². The molecule has 1 heterocycles. The summed E-state index contributed by atoms with van der Waals surface area (Å²) in [6, 6.07) is 4.15. The van der Waals surface area contributed by atoms with Crippen molar-refractivity contribution in [2.24, 2.45) is 0 Å². The molecule has 1 aliphatic rings. The van der Waals surface area contributed by atoms with Crippen molar-refractivity contribution in [2.45, 2.75) is 25.4 Å². The summed E-state index contributed by atoms with van der Waals surface area (Å²) in [7, 11) is 0. The molecule has 1 aromatic rings. The zero-order valence-electron chi connectivity index (χ0n) is 12.3. The Hall–Kier alpha value is -1.73. The van der Waals surface area contributed by atoms with Gasteiger partial charge in [-0.05, 0) is 24.6 Å². The van der Waals surface area contributed by atoms with E-state index in [1.807, 2.05) is 0 Å². The maximum atomic E-state index is 13.3. The average molecular weight is 382 g/mol. The van der Waals surface area contributed by atoms with Crippen molar-refractivity contribution in [3.63, 3.8) is 0 Å². The molecule has 1 N–H and O–H groups in total. The lowest BCUT2D eigenvalue weighted by Gasteiger charge is -2.29. The number of carbonyl (C=O) groups is 2. The molecule has 1 aliphatic heterocycles. The van der Waals surface area contributed by atoms with Crippen molar-refractivity contribution in [1.29, 1.82) is 0 Å². The van der Waals surface area contributed by atoms with Crippen LogP contribution in [-0.4, -0.2) is 24.7 Å². The molecule has 0 radical (unpaired) electrons. The first-order valence-electron chi connectivity index (χ1n) is 6.88. The second-order valence-corrected chi connectivity index (χ2v) is 5.82. The smallest absolute Gasteiger partial charge is 0.431 e. The third-order valence-corrected chi connectivity index (χ3v) is 3.95. The maximum Gasteiger partial charge on any atom is 0.431 e. The molecule has 2 rings (SSSR count). The molecule has 0 spiro atoms. The van der Waals surface area contributed by atoms with Crippen LogP contribution < -0.4 is 5.32 Å². The fourth-order valence-electron chi connectivity index (χ4n) is 2.45. The Balaban J connectivity index is 2.66. The van der Waals surface area contributed by atoms with Crippen LogP contribution in [0, 0.1) is 0 Å². The van der Waals surface area contributed by atoms with Crippen LogP contribution in [0.2, 0.25) is 10.0 Å². The fourth-order valence-corrected chi connectivity index (χ4v) is 2.99. The van der Waals surface area contributed by atoms with Gasteiger partial charge in [-0.25, -0.2) is 4.79 Å². The van der Waals surface area contributed by atoms with Crippen LogP contribution in [0.3, 0.4) is 0 Å². The second kappa shape index (κ2) is 7.03. The minimum Gasteiger partial charge on any atom is -0.463 e. The van der Waals surface area contributed by atoms with Gasteiger partial charge in [0.1, 0.15) is 5.70 Å². The first-order chi connectivity index (χ1) is 11.1. The fraction of sp³-hybridized carbons (Fsp3) is 0.333. The third-order valence-electron chi connectivity index (χ3n) is 3.39. The monoisotopic (exact) mass is 381 g/mol. The number of halogens is 5. The predicted octanol–water partition coefficient (Wildman–Crippen LogP) is 3.98. The van der Waals surface area contributed by atoms with Crippen LogP contribution >= 0.6 is 23.2 Å². The number of esters is 1. The van der Waals surface area contributed by atoms with Crippen molar-refractivity contribution >= 4 is 35.1 Å². The van der Waals surface area contributed by atoms with E-state index in [4.69, 9.17) is 27.9 Å². The number of rotatable bonds is 3. The second-order valence-electron chi connectivity index (χ2n) is 4.98. The van der Waals surface area contributed by atoms with Gasteiger partial charge in [-0.1, -0.05) is 29.3 Å². The Bertz CT molecular complexity index is 716. The molecule has 0 fully saturated rings. The lowest BCUT2D eigenvalue weighted by molar-refractivity contribution is -0.142. The minimum atomic E-state index is -4.92. The lowest BCUT2D eigenvalue weighted by atomic mass is 9.84. The average Bonchev–Trinajstić information content (AvgIpc) is 2.45. The lowest BCUT2D eigenvalue weighted by Crippen LogP contribution is -2.41. The molecule has 9 heteroatoms. The van der Waals surface area contributed by atoms with Crippen molar-refractivity contribution in [1.82, 2.24) is 5.32 Å². The molecule has 0 unspecified atom stereocenters. The van der Waals surface area contributed by atoms with Gasteiger partial charge in [-0.15, -0.1) is 0 Å². The number of allylic oxidation sites excluding steroid dienone is 1. The Kier molecular flexibility index (Phi) is 5.45. The van der Waals surface area contributed by atoms with E-state index in [1.54, 1.807) is 5.32 Å². The van der Waals surface area contributed by atoms with Gasteiger partial charge in [0, 0.05) is 22.4 Å². The van der Waals surface area contributed by atoms with Gasteiger partial charge >= 0.3 is 12.1 Å². The van der Waals surface area contributed by atoms with Gasteiger partial charge in [0.15, 0.2) is 0 Å². The van der Waals surface area contributed by atoms with Crippen molar-refractivity contribution < 1.29 is 27.5 Å². The highest BCUT2D eigenvalue weighted by molar-refractivity contribution is 6.35. The molecule has 0 saturated carbocycles. The van der Waals surface area contributed by atoms with Gasteiger partial charge in [-0.2, -0.15) is 13.2 Å². The molecular formula is C15H12Cl2F3NO3. The van der Waals surface area contributed by atoms with E-state index >= 15 is 0 Å². The summed E-state index contributed by atoms with van der Waals surface area (Å²) in [6.07, 6.45) is -5.29. The van der Waals surface area contributed by atoms with E-state index in [-0.39, 0.29) is 28.6 Å². The van der Waals surface area contributed by atoms with Crippen molar-refractivity contribution in [2.75, 3.05) is 6.61 Å². The Morgan fingerprint density at radius 1 is 1.38 bits per heavy atom. The molecule has 0 aliphatic carbocycles. The SMILES string of the molecule is CCOC(=O)C1=C(C(F)(F)F)NC(=O)C[C@H]1c1ccc(Cl)cc1Cl. The Morgan fingerprint density at radius 3 is 2.58 bits per heavy atom. The number of amides is 1. The molecule has 24 heavy (non-hydrogen) atoms. The molecule has 1 atom stereocenters. The zero-order valence-corrected chi connectivity index (χ0v) is 13.9. The number of alkyl halides is 3. The summed E-state index contributed by atoms with van der Waals surface area (Å²) in [4.78, 5) is 23.9. The number of carbonyl (C=O) groups excluding carboxylic acids is 2. The number of hydrogen-bond acceptors (Lipinski definition) is 3. The highest BCUT2D eigenvalue weighted by Gasteiger charge is 2.46. The van der Waals surface area contributed by atoms with Gasteiger partial charge in [0.05, 0.1) is 12.2 Å². The topological polar surface area (TPSA) is 55.4 Å². The van der Waals surface area contributed by atoms with Gasteiger partial charge in [0.2, 0.25) is 5.91 Å². The summed E-state index contributed by atoms with van der Waals surface area (Å²) < 4.78 is 44.6. The molecular weight excluding hydrogens is 370 g/mol. The summed E-state index contributed by atoms with van der Waals surface area (Å²) >= 11 is 11.8. The van der Waals surface area contributed by atoms with Crippen molar-refractivity contribution in [3.8, 4) is 0 Å². The van der Waals surface area contributed by atoms with Crippen LogP contribution in [0.5, 0.6) is 0 Å². The number of nitrogens with one attached hydrogen (secondary N) is 1. The van der Waals surface area contributed by atoms with Crippen LogP contribution in [0.4, 0.5) is 13.2 Å².